The molecule has 0 aliphatic heterocycles. The van der Waals surface area contributed by atoms with Gasteiger partial charge < -0.3 is 10.6 Å². The molecule has 4 nitrogen and oxygen atoms in total. The van der Waals surface area contributed by atoms with Crippen LogP contribution in [0.5, 0.6) is 0 Å². The van der Waals surface area contributed by atoms with E-state index in [1.54, 1.807) is 0 Å². The van der Waals surface area contributed by atoms with Gasteiger partial charge >= 0.3 is 0 Å². The summed E-state index contributed by atoms with van der Waals surface area (Å²) in [6.45, 7) is 2.17. The summed E-state index contributed by atoms with van der Waals surface area (Å²) in [5.74, 6) is 0.223. The number of rotatable bonds is 6. The van der Waals surface area contributed by atoms with Gasteiger partial charge in [0.25, 0.3) is 0 Å². The summed E-state index contributed by atoms with van der Waals surface area (Å²) >= 11 is 4.82. The molecule has 0 fully saturated rings. The monoisotopic (exact) mass is 389 g/mol. The van der Waals surface area contributed by atoms with Gasteiger partial charge in [0.2, 0.25) is 5.91 Å². The molecular weight excluding hydrogens is 374 g/mol. The lowest BCUT2D eigenvalue weighted by Crippen LogP contribution is -2.22. The van der Waals surface area contributed by atoms with Crippen molar-refractivity contribution in [1.82, 2.24) is 0 Å². The quantitative estimate of drug-likeness (QED) is 0.717. The van der Waals surface area contributed by atoms with E-state index in [1.807, 2.05) is 49.4 Å². The molecule has 1 amide bonds. The molecule has 6 heteroatoms. The molecule has 0 bridgehead atoms. The second-order valence-corrected chi connectivity index (χ2v) is 6.74. The maximum atomic E-state index is 12.1. The van der Waals surface area contributed by atoms with Crippen LogP contribution in [0.3, 0.4) is 0 Å². The third kappa shape index (κ3) is 5.31. The molecule has 0 saturated carbocycles. The number of para-hydroxylation sites is 1. The Hall–Kier alpha value is -1.97. The van der Waals surface area contributed by atoms with Gasteiger partial charge in [-0.25, -0.2) is 0 Å². The maximum Gasteiger partial charge on any atom is 0.243 e. The Kier molecular flexibility index (Phi) is 6.51. The highest BCUT2D eigenvalue weighted by molar-refractivity contribution is 9.10. The first-order valence-electron chi connectivity index (χ1n) is 6.99. The molecule has 2 aromatic carbocycles. The largest absolute Gasteiger partial charge is 0.376 e. The highest BCUT2D eigenvalue weighted by Crippen LogP contribution is 2.26. The first-order chi connectivity index (χ1) is 11.1. The number of aryl methyl sites for hydroxylation is 1. The van der Waals surface area contributed by atoms with Crippen LogP contribution in [0.2, 0.25) is 0 Å². The molecule has 0 heterocycles. The first-order valence-corrected chi connectivity index (χ1v) is 8.76. The van der Waals surface area contributed by atoms with Crippen molar-refractivity contribution in [2.24, 2.45) is 0 Å². The van der Waals surface area contributed by atoms with Crippen molar-refractivity contribution < 1.29 is 4.79 Å². The topological polar surface area (TPSA) is 64.9 Å². The highest BCUT2D eigenvalue weighted by Gasteiger charge is 2.07. The molecule has 0 spiro atoms. The van der Waals surface area contributed by atoms with Crippen molar-refractivity contribution in [3.8, 4) is 6.07 Å². The van der Waals surface area contributed by atoms with E-state index >= 15 is 0 Å². The Bertz CT molecular complexity index is 743. The third-order valence-electron chi connectivity index (χ3n) is 3.08. The number of hydrogen-bond acceptors (Lipinski definition) is 4. The van der Waals surface area contributed by atoms with E-state index < -0.39 is 0 Å². The average molecular weight is 390 g/mol. The normalized spacial score (nSPS) is 9.96. The van der Waals surface area contributed by atoms with E-state index in [4.69, 9.17) is 5.26 Å². The van der Waals surface area contributed by atoms with E-state index in [0.717, 1.165) is 26.3 Å². The number of anilines is 2. The van der Waals surface area contributed by atoms with Crippen LogP contribution in [0.25, 0.3) is 0 Å². The van der Waals surface area contributed by atoms with Crippen LogP contribution in [0, 0.1) is 18.3 Å². The van der Waals surface area contributed by atoms with Crippen LogP contribution >= 0.6 is 27.7 Å². The Morgan fingerprint density at radius 1 is 1.26 bits per heavy atom. The van der Waals surface area contributed by atoms with E-state index in [1.165, 1.54) is 11.8 Å². The molecule has 0 saturated heterocycles. The van der Waals surface area contributed by atoms with Crippen molar-refractivity contribution in [3.63, 3.8) is 0 Å². The van der Waals surface area contributed by atoms with Gasteiger partial charge in [0, 0.05) is 15.1 Å². The molecule has 0 aliphatic rings. The van der Waals surface area contributed by atoms with E-state index in [0.29, 0.717) is 5.75 Å². The lowest BCUT2D eigenvalue weighted by molar-refractivity contribution is -0.114. The summed E-state index contributed by atoms with van der Waals surface area (Å²) in [6, 6.07) is 15.4. The predicted octanol–water partition coefficient (Wildman–Crippen LogP) is 4.42. The van der Waals surface area contributed by atoms with Crippen LogP contribution in [0.1, 0.15) is 5.56 Å². The molecule has 2 aromatic rings. The molecule has 23 heavy (non-hydrogen) atoms. The molecule has 2 N–H and O–H groups in total. The van der Waals surface area contributed by atoms with Gasteiger partial charge in [-0.15, -0.1) is 11.8 Å². The van der Waals surface area contributed by atoms with Crippen molar-refractivity contribution >= 4 is 45.0 Å². The molecular formula is C17H16BrN3OS. The van der Waals surface area contributed by atoms with Gasteiger partial charge in [0.1, 0.15) is 0 Å². The number of nitriles is 1. The van der Waals surface area contributed by atoms with Crippen molar-refractivity contribution in [2.45, 2.75) is 11.8 Å². The first kappa shape index (κ1) is 17.4. The standard InChI is InChI=1S/C17H16BrN3OS/c1-12-10-13(18)6-7-14(12)20-11-17(22)21-15-4-2-3-5-16(15)23-9-8-19/h2-7,10,20H,9,11H2,1H3,(H,21,22). The van der Waals surface area contributed by atoms with Crippen molar-refractivity contribution in [1.29, 1.82) is 5.26 Å². The Balaban J connectivity index is 1.96. The van der Waals surface area contributed by atoms with Crippen LogP contribution in [0.4, 0.5) is 11.4 Å². The van der Waals surface area contributed by atoms with Gasteiger partial charge in [-0.3, -0.25) is 4.79 Å². The number of amides is 1. The highest BCUT2D eigenvalue weighted by atomic mass is 79.9. The molecule has 0 atom stereocenters. The summed E-state index contributed by atoms with van der Waals surface area (Å²) in [4.78, 5) is 13.0. The van der Waals surface area contributed by atoms with E-state index in [2.05, 4.69) is 32.6 Å². The maximum absolute atomic E-state index is 12.1. The van der Waals surface area contributed by atoms with Gasteiger partial charge in [-0.2, -0.15) is 5.26 Å². The van der Waals surface area contributed by atoms with Crippen LogP contribution in [-0.2, 0) is 4.79 Å². The fourth-order valence-electron chi connectivity index (χ4n) is 2.00. The number of thioether (sulfide) groups is 1. The van der Waals surface area contributed by atoms with Crippen LogP contribution < -0.4 is 10.6 Å². The Labute approximate surface area is 148 Å². The molecule has 0 aliphatic carbocycles. The summed E-state index contributed by atoms with van der Waals surface area (Å²) in [5.41, 5.74) is 2.72. The zero-order valence-electron chi connectivity index (χ0n) is 12.6. The fourth-order valence-corrected chi connectivity index (χ4v) is 3.15. The number of benzene rings is 2. The number of halogens is 1. The van der Waals surface area contributed by atoms with Gasteiger partial charge in [-0.1, -0.05) is 28.1 Å². The molecule has 0 radical (unpaired) electrons. The smallest absolute Gasteiger partial charge is 0.243 e. The minimum absolute atomic E-state index is 0.127. The number of nitrogens with zero attached hydrogens (tertiary/aromatic N) is 1. The molecule has 0 aromatic heterocycles. The van der Waals surface area contributed by atoms with Crippen LogP contribution in [-0.4, -0.2) is 18.2 Å². The van der Waals surface area contributed by atoms with Gasteiger partial charge in [0.15, 0.2) is 0 Å². The summed E-state index contributed by atoms with van der Waals surface area (Å²) in [5, 5.41) is 14.7. The SMILES string of the molecule is Cc1cc(Br)ccc1NCC(=O)Nc1ccccc1SCC#N. The van der Waals surface area contributed by atoms with Crippen molar-refractivity contribution in [2.75, 3.05) is 22.9 Å². The minimum atomic E-state index is -0.127. The fraction of sp³-hybridized carbons (Fsp3) is 0.176. The third-order valence-corrected chi connectivity index (χ3v) is 4.51. The van der Waals surface area contributed by atoms with Gasteiger partial charge in [-0.05, 0) is 42.8 Å². The average Bonchev–Trinajstić information content (AvgIpc) is 2.53. The second kappa shape index (κ2) is 8.61. The summed E-state index contributed by atoms with van der Waals surface area (Å²) < 4.78 is 1.01. The van der Waals surface area contributed by atoms with Crippen LogP contribution in [0.15, 0.2) is 51.8 Å². The lowest BCUT2D eigenvalue weighted by Gasteiger charge is -2.12. The Morgan fingerprint density at radius 2 is 2.04 bits per heavy atom. The van der Waals surface area contributed by atoms with Crippen molar-refractivity contribution in [3.05, 3.63) is 52.5 Å². The number of nitrogens with one attached hydrogen (secondary N) is 2. The summed E-state index contributed by atoms with van der Waals surface area (Å²) in [6.07, 6.45) is 0. The van der Waals surface area contributed by atoms with E-state index in [-0.39, 0.29) is 12.5 Å². The minimum Gasteiger partial charge on any atom is -0.376 e. The number of carbonyl (C=O) groups is 1. The molecule has 0 unspecified atom stereocenters. The predicted molar refractivity (Wildman–Crippen MR) is 98.8 cm³/mol. The Morgan fingerprint density at radius 3 is 2.78 bits per heavy atom. The lowest BCUT2D eigenvalue weighted by atomic mass is 10.2. The molecule has 2 rings (SSSR count). The number of carbonyl (C=O) groups excluding carboxylic acids is 1. The second-order valence-electron chi connectivity index (χ2n) is 4.80. The van der Waals surface area contributed by atoms with Gasteiger partial charge in [0.05, 0.1) is 24.1 Å². The summed E-state index contributed by atoms with van der Waals surface area (Å²) in [7, 11) is 0. The molecule has 118 valence electrons. The zero-order chi connectivity index (χ0) is 16.7. The van der Waals surface area contributed by atoms with E-state index in [9.17, 15) is 4.79 Å². The number of hydrogen-bond donors (Lipinski definition) is 2. The zero-order valence-corrected chi connectivity index (χ0v) is 15.0.